The molecule has 0 fully saturated rings. The molecule has 1 amide bonds. The van der Waals surface area contributed by atoms with Crippen molar-refractivity contribution < 1.29 is 17.6 Å². The Morgan fingerprint density at radius 3 is 2.76 bits per heavy atom. The number of nitrogens with zero attached hydrogens (tertiary/aromatic N) is 2. The van der Waals surface area contributed by atoms with Crippen LogP contribution in [-0.4, -0.2) is 36.0 Å². The van der Waals surface area contributed by atoms with Crippen LogP contribution in [0.2, 0.25) is 0 Å². The van der Waals surface area contributed by atoms with E-state index in [4.69, 9.17) is 0 Å². The van der Waals surface area contributed by atoms with E-state index in [0.717, 1.165) is 5.56 Å². The van der Waals surface area contributed by atoms with Crippen LogP contribution in [0.4, 0.5) is 9.52 Å². The third-order valence-corrected chi connectivity index (χ3v) is 6.02. The molecule has 1 aromatic carbocycles. The van der Waals surface area contributed by atoms with E-state index in [1.54, 1.807) is 12.1 Å². The molecule has 0 aliphatic heterocycles. The summed E-state index contributed by atoms with van der Waals surface area (Å²) in [6, 6.07) is 6.18. The van der Waals surface area contributed by atoms with Crippen molar-refractivity contribution in [3.05, 3.63) is 40.7 Å². The minimum absolute atomic E-state index is 0.0293. The Hall–Kier alpha value is -1.87. The van der Waals surface area contributed by atoms with Gasteiger partial charge in [0.1, 0.15) is 10.8 Å². The summed E-state index contributed by atoms with van der Waals surface area (Å²) in [5.74, 6) is -0.830. The maximum Gasteiger partial charge on any atom is 0.227 e. The minimum Gasteiger partial charge on any atom is -0.301 e. The molecule has 2 rings (SSSR count). The predicted octanol–water partition coefficient (Wildman–Crippen LogP) is 2.67. The lowest BCUT2D eigenvalue weighted by molar-refractivity contribution is -0.115. The van der Waals surface area contributed by atoms with Crippen LogP contribution >= 0.6 is 11.3 Å². The Balaban J connectivity index is 1.87. The van der Waals surface area contributed by atoms with Crippen LogP contribution in [0, 0.1) is 11.7 Å². The molecule has 0 unspecified atom stereocenters. The normalized spacial score (nSPS) is 11.7. The first kappa shape index (κ1) is 19.5. The van der Waals surface area contributed by atoms with E-state index >= 15 is 0 Å². The zero-order valence-electron chi connectivity index (χ0n) is 14.0. The fourth-order valence-corrected chi connectivity index (χ4v) is 4.69. The van der Waals surface area contributed by atoms with E-state index in [-0.39, 0.29) is 29.7 Å². The Bertz CT molecular complexity index is 835. The lowest BCUT2D eigenvalue weighted by Crippen LogP contribution is -2.20. The zero-order valence-corrected chi connectivity index (χ0v) is 15.7. The van der Waals surface area contributed by atoms with Crippen molar-refractivity contribution in [2.24, 2.45) is 5.92 Å². The number of amides is 1. The quantitative estimate of drug-likeness (QED) is 0.755. The molecule has 9 heteroatoms. The number of anilines is 1. The van der Waals surface area contributed by atoms with Gasteiger partial charge < -0.3 is 5.32 Å². The SMILES string of the molecule is CC(C)CS(=O)(=O)CCC(=O)Nc1nnc(Cc2cccc(F)c2)s1. The lowest BCUT2D eigenvalue weighted by atomic mass is 10.1. The number of benzene rings is 1. The Labute approximate surface area is 150 Å². The van der Waals surface area contributed by atoms with Gasteiger partial charge in [-0.1, -0.05) is 37.3 Å². The molecule has 2 aromatic rings. The summed E-state index contributed by atoms with van der Waals surface area (Å²) in [6.07, 6.45) is 0.294. The second-order valence-corrected chi connectivity index (χ2v) is 9.40. The molecule has 1 heterocycles. The van der Waals surface area contributed by atoms with Gasteiger partial charge in [-0.3, -0.25) is 4.79 Å². The molecule has 0 spiro atoms. The van der Waals surface area contributed by atoms with E-state index in [2.05, 4.69) is 15.5 Å². The molecule has 1 N–H and O–H groups in total. The van der Waals surface area contributed by atoms with Crippen LogP contribution in [0.3, 0.4) is 0 Å². The molecule has 0 bridgehead atoms. The van der Waals surface area contributed by atoms with Gasteiger partial charge in [-0.25, -0.2) is 12.8 Å². The molecular weight excluding hydrogens is 365 g/mol. The van der Waals surface area contributed by atoms with Crippen LogP contribution in [0.5, 0.6) is 0 Å². The molecule has 0 aliphatic carbocycles. The van der Waals surface area contributed by atoms with Crippen molar-refractivity contribution in [3.63, 3.8) is 0 Å². The van der Waals surface area contributed by atoms with E-state index in [9.17, 15) is 17.6 Å². The number of carbonyl (C=O) groups excluding carboxylic acids is 1. The van der Waals surface area contributed by atoms with Gasteiger partial charge in [0.2, 0.25) is 11.0 Å². The van der Waals surface area contributed by atoms with Crippen molar-refractivity contribution in [1.82, 2.24) is 10.2 Å². The minimum atomic E-state index is -3.24. The van der Waals surface area contributed by atoms with Gasteiger partial charge in [0.25, 0.3) is 0 Å². The molecule has 1 aromatic heterocycles. The standard InChI is InChI=1S/C16H20FN3O3S2/c1-11(2)10-25(22,23)7-6-14(21)18-16-20-19-15(24-16)9-12-4-3-5-13(17)8-12/h3-5,8,11H,6-7,9-10H2,1-2H3,(H,18,20,21). The highest BCUT2D eigenvalue weighted by Gasteiger charge is 2.16. The second kappa shape index (κ2) is 8.48. The number of nitrogens with one attached hydrogen (secondary N) is 1. The summed E-state index contributed by atoms with van der Waals surface area (Å²) in [5.41, 5.74) is 0.758. The topological polar surface area (TPSA) is 89.0 Å². The fraction of sp³-hybridized carbons (Fsp3) is 0.438. The number of sulfone groups is 1. The number of aromatic nitrogens is 2. The van der Waals surface area contributed by atoms with Crippen molar-refractivity contribution in [1.29, 1.82) is 0 Å². The lowest BCUT2D eigenvalue weighted by Gasteiger charge is -2.06. The number of rotatable bonds is 8. The van der Waals surface area contributed by atoms with E-state index in [1.165, 1.54) is 23.5 Å². The summed E-state index contributed by atoms with van der Waals surface area (Å²) in [6.45, 7) is 3.64. The molecular formula is C16H20FN3O3S2. The first-order chi connectivity index (χ1) is 11.7. The second-order valence-electron chi connectivity index (χ2n) is 6.11. The Kier molecular flexibility index (Phi) is 6.60. The van der Waals surface area contributed by atoms with Crippen molar-refractivity contribution in [2.45, 2.75) is 26.7 Å². The van der Waals surface area contributed by atoms with E-state index < -0.39 is 15.7 Å². The Morgan fingerprint density at radius 1 is 1.32 bits per heavy atom. The zero-order chi connectivity index (χ0) is 18.4. The highest BCUT2D eigenvalue weighted by molar-refractivity contribution is 7.91. The summed E-state index contributed by atoms with van der Waals surface area (Å²) >= 11 is 1.18. The summed E-state index contributed by atoms with van der Waals surface area (Å²) in [7, 11) is -3.24. The molecule has 0 saturated carbocycles. The van der Waals surface area contributed by atoms with Crippen LogP contribution in [0.1, 0.15) is 30.8 Å². The average Bonchev–Trinajstić information content (AvgIpc) is 2.91. The first-order valence-corrected chi connectivity index (χ1v) is 10.4. The Morgan fingerprint density at radius 2 is 2.08 bits per heavy atom. The number of halogens is 1. The summed E-state index contributed by atoms with van der Waals surface area (Å²) < 4.78 is 36.8. The maximum atomic E-state index is 13.2. The smallest absolute Gasteiger partial charge is 0.227 e. The van der Waals surface area contributed by atoms with Gasteiger partial charge in [-0.05, 0) is 23.6 Å². The highest BCUT2D eigenvalue weighted by atomic mass is 32.2. The monoisotopic (exact) mass is 385 g/mol. The van der Waals surface area contributed by atoms with E-state index in [0.29, 0.717) is 16.6 Å². The largest absolute Gasteiger partial charge is 0.301 e. The summed E-state index contributed by atoms with van der Waals surface area (Å²) in [4.78, 5) is 11.9. The summed E-state index contributed by atoms with van der Waals surface area (Å²) in [5, 5.41) is 11.3. The van der Waals surface area contributed by atoms with Gasteiger partial charge in [0, 0.05) is 12.8 Å². The molecule has 6 nitrogen and oxygen atoms in total. The fourth-order valence-electron chi connectivity index (χ4n) is 2.22. The number of hydrogen-bond donors (Lipinski definition) is 1. The van der Waals surface area contributed by atoms with Crippen molar-refractivity contribution >= 4 is 32.2 Å². The third-order valence-electron chi connectivity index (χ3n) is 3.18. The van der Waals surface area contributed by atoms with Gasteiger partial charge >= 0.3 is 0 Å². The molecule has 0 saturated heterocycles. The van der Waals surface area contributed by atoms with Gasteiger partial charge in [-0.2, -0.15) is 0 Å². The average molecular weight is 385 g/mol. The van der Waals surface area contributed by atoms with E-state index in [1.807, 2.05) is 13.8 Å². The predicted molar refractivity (Wildman–Crippen MR) is 95.9 cm³/mol. The van der Waals surface area contributed by atoms with Gasteiger partial charge in [0.05, 0.1) is 11.5 Å². The van der Waals surface area contributed by atoms with Crippen LogP contribution in [0.15, 0.2) is 24.3 Å². The molecule has 0 aliphatic rings. The first-order valence-electron chi connectivity index (χ1n) is 7.80. The maximum absolute atomic E-state index is 13.2. The molecule has 136 valence electrons. The van der Waals surface area contributed by atoms with Crippen molar-refractivity contribution in [3.8, 4) is 0 Å². The number of carbonyl (C=O) groups is 1. The van der Waals surface area contributed by atoms with Crippen molar-refractivity contribution in [2.75, 3.05) is 16.8 Å². The number of hydrogen-bond acceptors (Lipinski definition) is 6. The molecule has 0 atom stereocenters. The molecule has 0 radical (unpaired) electrons. The van der Waals surface area contributed by atoms with Gasteiger partial charge in [-0.15, -0.1) is 10.2 Å². The van der Waals surface area contributed by atoms with Crippen LogP contribution < -0.4 is 5.32 Å². The highest BCUT2D eigenvalue weighted by Crippen LogP contribution is 2.19. The van der Waals surface area contributed by atoms with Crippen LogP contribution in [-0.2, 0) is 21.1 Å². The van der Waals surface area contributed by atoms with Gasteiger partial charge in [0.15, 0.2) is 9.84 Å². The third kappa shape index (κ3) is 6.87. The molecule has 25 heavy (non-hydrogen) atoms. The van der Waals surface area contributed by atoms with Crippen LogP contribution in [0.25, 0.3) is 0 Å².